The zero-order valence-electron chi connectivity index (χ0n) is 13.0. The molecule has 3 rings (SSSR count). The Morgan fingerprint density at radius 3 is 2.48 bits per heavy atom. The minimum absolute atomic E-state index is 0.00555. The predicted octanol–water partition coefficient (Wildman–Crippen LogP) is 5.18. The molecular formula is C17H13Cl2F3N2O. The second-order valence-corrected chi connectivity index (χ2v) is 6.53. The van der Waals surface area contributed by atoms with E-state index in [4.69, 9.17) is 23.2 Å². The van der Waals surface area contributed by atoms with Crippen LogP contribution < -0.4 is 10.2 Å². The molecule has 2 aromatic carbocycles. The number of fused-ring (bicyclic) bond motifs is 1. The first kappa shape index (κ1) is 17.9. The van der Waals surface area contributed by atoms with Gasteiger partial charge in [0.2, 0.25) is 0 Å². The van der Waals surface area contributed by atoms with Gasteiger partial charge in [-0.25, -0.2) is 0 Å². The number of alkyl halides is 3. The van der Waals surface area contributed by atoms with E-state index < -0.39 is 12.1 Å². The van der Waals surface area contributed by atoms with Gasteiger partial charge in [-0.2, -0.15) is 5.10 Å². The summed E-state index contributed by atoms with van der Waals surface area (Å²) < 4.78 is 41.9. The van der Waals surface area contributed by atoms with E-state index in [-0.39, 0.29) is 11.1 Å². The molecule has 0 radical (unpaired) electrons. The standard InChI is InChI=1S/C17H13Cl2F3N2O/c1-9-6-11-7-14(19)15(25-17(20,21)22)8-13(11)16(24-23-9)10-2-4-12(18)5-3-10/h2-5,7-9,23H,6H2,1H3. The van der Waals surface area contributed by atoms with Crippen molar-refractivity contribution >= 4 is 28.9 Å². The van der Waals surface area contributed by atoms with Crippen molar-refractivity contribution < 1.29 is 17.9 Å². The Morgan fingerprint density at radius 2 is 1.84 bits per heavy atom. The Labute approximate surface area is 152 Å². The highest BCUT2D eigenvalue weighted by molar-refractivity contribution is 6.32. The lowest BCUT2D eigenvalue weighted by atomic mass is 9.94. The molecule has 132 valence electrons. The molecule has 0 bridgehead atoms. The Morgan fingerprint density at radius 1 is 1.16 bits per heavy atom. The molecule has 0 saturated carbocycles. The summed E-state index contributed by atoms with van der Waals surface area (Å²) in [6, 6.07) is 9.65. The van der Waals surface area contributed by atoms with Crippen LogP contribution in [0.15, 0.2) is 41.5 Å². The van der Waals surface area contributed by atoms with Crippen molar-refractivity contribution in [3.05, 3.63) is 63.1 Å². The van der Waals surface area contributed by atoms with Gasteiger partial charge < -0.3 is 10.2 Å². The van der Waals surface area contributed by atoms with Crippen LogP contribution in [0.1, 0.15) is 23.6 Å². The number of rotatable bonds is 2. The van der Waals surface area contributed by atoms with E-state index in [1.54, 1.807) is 24.3 Å². The molecule has 3 nitrogen and oxygen atoms in total. The van der Waals surface area contributed by atoms with Crippen LogP contribution in [-0.4, -0.2) is 18.1 Å². The highest BCUT2D eigenvalue weighted by atomic mass is 35.5. The fraction of sp³-hybridized carbons (Fsp3) is 0.235. The van der Waals surface area contributed by atoms with Crippen LogP contribution in [0.4, 0.5) is 13.2 Å². The summed E-state index contributed by atoms with van der Waals surface area (Å²) in [6.07, 6.45) is -4.27. The third kappa shape index (κ3) is 4.19. The topological polar surface area (TPSA) is 33.6 Å². The SMILES string of the molecule is CC1Cc2cc(Cl)c(OC(F)(F)F)cc2C(c2ccc(Cl)cc2)=NN1. The van der Waals surface area contributed by atoms with Gasteiger partial charge in [0.15, 0.2) is 0 Å². The lowest BCUT2D eigenvalue weighted by Gasteiger charge is -2.15. The molecule has 1 unspecified atom stereocenters. The summed E-state index contributed by atoms with van der Waals surface area (Å²) in [6.45, 7) is 1.92. The minimum Gasteiger partial charge on any atom is -0.404 e. The van der Waals surface area contributed by atoms with Crippen LogP contribution in [-0.2, 0) is 6.42 Å². The van der Waals surface area contributed by atoms with Crippen LogP contribution in [0.2, 0.25) is 10.0 Å². The third-order valence-corrected chi connectivity index (χ3v) is 4.23. The maximum absolute atomic E-state index is 12.6. The largest absolute Gasteiger partial charge is 0.573 e. The molecule has 8 heteroatoms. The molecule has 0 aliphatic carbocycles. The average molecular weight is 389 g/mol. The maximum Gasteiger partial charge on any atom is 0.573 e. The molecule has 0 amide bonds. The molecule has 2 aromatic rings. The number of ether oxygens (including phenoxy) is 1. The molecule has 0 spiro atoms. The lowest BCUT2D eigenvalue weighted by Crippen LogP contribution is -2.22. The lowest BCUT2D eigenvalue weighted by molar-refractivity contribution is -0.274. The van der Waals surface area contributed by atoms with Crippen molar-refractivity contribution in [2.24, 2.45) is 5.10 Å². The summed E-state index contributed by atoms with van der Waals surface area (Å²) in [7, 11) is 0. The first-order valence-corrected chi connectivity index (χ1v) is 8.16. The highest BCUT2D eigenvalue weighted by Crippen LogP contribution is 2.35. The summed E-state index contributed by atoms with van der Waals surface area (Å²) in [5, 5.41) is 4.81. The Balaban J connectivity index is 2.13. The maximum atomic E-state index is 12.6. The van der Waals surface area contributed by atoms with Crippen LogP contribution in [0.5, 0.6) is 5.75 Å². The van der Waals surface area contributed by atoms with E-state index >= 15 is 0 Å². The smallest absolute Gasteiger partial charge is 0.404 e. The first-order chi connectivity index (χ1) is 11.7. The summed E-state index contributed by atoms with van der Waals surface area (Å²) >= 11 is 11.9. The fourth-order valence-electron chi connectivity index (χ4n) is 2.63. The molecule has 1 heterocycles. The molecule has 0 saturated heterocycles. The minimum atomic E-state index is -4.83. The van der Waals surface area contributed by atoms with Crippen molar-refractivity contribution in [2.45, 2.75) is 25.7 Å². The van der Waals surface area contributed by atoms with Gasteiger partial charge >= 0.3 is 6.36 Å². The monoisotopic (exact) mass is 388 g/mol. The molecule has 25 heavy (non-hydrogen) atoms. The van der Waals surface area contributed by atoms with Gasteiger partial charge in [0.1, 0.15) is 5.75 Å². The Hall–Kier alpha value is -1.92. The Bertz CT molecular complexity index is 820. The second kappa shape index (κ2) is 6.77. The van der Waals surface area contributed by atoms with Crippen molar-refractivity contribution in [3.63, 3.8) is 0 Å². The molecule has 1 N–H and O–H groups in total. The van der Waals surface area contributed by atoms with Gasteiger partial charge in [-0.15, -0.1) is 13.2 Å². The number of halogens is 5. The quantitative estimate of drug-likeness (QED) is 0.768. The van der Waals surface area contributed by atoms with Gasteiger partial charge in [0.25, 0.3) is 0 Å². The molecular weight excluding hydrogens is 376 g/mol. The summed E-state index contributed by atoms with van der Waals surface area (Å²) in [4.78, 5) is 0. The highest BCUT2D eigenvalue weighted by Gasteiger charge is 2.33. The third-order valence-electron chi connectivity index (χ3n) is 3.68. The van der Waals surface area contributed by atoms with Crippen molar-refractivity contribution in [1.82, 2.24) is 5.43 Å². The number of nitrogens with one attached hydrogen (secondary N) is 1. The number of hydrazone groups is 1. The number of hydrogen-bond acceptors (Lipinski definition) is 3. The van der Waals surface area contributed by atoms with E-state index in [0.717, 1.165) is 5.56 Å². The zero-order chi connectivity index (χ0) is 18.2. The molecule has 1 atom stereocenters. The van der Waals surface area contributed by atoms with Crippen LogP contribution in [0, 0.1) is 0 Å². The number of hydrogen-bond donors (Lipinski definition) is 1. The van der Waals surface area contributed by atoms with Gasteiger partial charge in [-0.05, 0) is 43.2 Å². The van der Waals surface area contributed by atoms with Crippen LogP contribution in [0.3, 0.4) is 0 Å². The van der Waals surface area contributed by atoms with E-state index in [9.17, 15) is 13.2 Å². The van der Waals surface area contributed by atoms with E-state index in [1.165, 1.54) is 12.1 Å². The normalized spacial score (nSPS) is 17.2. The fourth-order valence-corrected chi connectivity index (χ4v) is 2.98. The van der Waals surface area contributed by atoms with E-state index in [0.29, 0.717) is 28.3 Å². The van der Waals surface area contributed by atoms with Gasteiger partial charge in [-0.3, -0.25) is 0 Å². The first-order valence-electron chi connectivity index (χ1n) is 7.40. The van der Waals surface area contributed by atoms with Gasteiger partial charge in [0, 0.05) is 22.2 Å². The van der Waals surface area contributed by atoms with Gasteiger partial charge in [-0.1, -0.05) is 35.3 Å². The number of nitrogens with zero attached hydrogens (tertiary/aromatic N) is 1. The Kier molecular flexibility index (Phi) is 4.84. The van der Waals surface area contributed by atoms with Gasteiger partial charge in [0.05, 0.1) is 10.7 Å². The second-order valence-electron chi connectivity index (χ2n) is 5.69. The van der Waals surface area contributed by atoms with E-state index in [2.05, 4.69) is 15.3 Å². The zero-order valence-corrected chi connectivity index (χ0v) is 14.5. The summed E-state index contributed by atoms with van der Waals surface area (Å²) in [5.41, 5.74) is 5.52. The average Bonchev–Trinajstić information content (AvgIpc) is 2.66. The predicted molar refractivity (Wildman–Crippen MR) is 91.5 cm³/mol. The number of benzene rings is 2. The van der Waals surface area contributed by atoms with Crippen LogP contribution in [0.25, 0.3) is 0 Å². The van der Waals surface area contributed by atoms with E-state index in [1.807, 2.05) is 6.92 Å². The van der Waals surface area contributed by atoms with Crippen LogP contribution >= 0.6 is 23.2 Å². The summed E-state index contributed by atoms with van der Waals surface area (Å²) in [5.74, 6) is -0.455. The molecule has 0 fully saturated rings. The van der Waals surface area contributed by atoms with Crippen molar-refractivity contribution in [2.75, 3.05) is 0 Å². The molecule has 1 aliphatic rings. The van der Waals surface area contributed by atoms with Crippen molar-refractivity contribution in [3.8, 4) is 5.75 Å². The molecule has 0 aromatic heterocycles. The van der Waals surface area contributed by atoms with Crippen molar-refractivity contribution in [1.29, 1.82) is 0 Å². The molecule has 1 aliphatic heterocycles.